The maximum atomic E-state index is 10.7. The molecule has 0 saturated heterocycles. The SMILES string of the molecule is CC.NCCOc1cc(C(=O)O)cc(C(=O)O)c1. The molecule has 0 unspecified atom stereocenters. The minimum Gasteiger partial charge on any atom is -0.492 e. The van der Waals surface area contributed by atoms with Crippen molar-refractivity contribution in [3.63, 3.8) is 0 Å². The zero-order valence-electron chi connectivity index (χ0n) is 10.3. The molecule has 4 N–H and O–H groups in total. The van der Waals surface area contributed by atoms with Crippen LogP contribution in [0.25, 0.3) is 0 Å². The van der Waals surface area contributed by atoms with Gasteiger partial charge in [-0.25, -0.2) is 9.59 Å². The van der Waals surface area contributed by atoms with Crippen LogP contribution in [0.4, 0.5) is 0 Å². The van der Waals surface area contributed by atoms with E-state index in [9.17, 15) is 9.59 Å². The van der Waals surface area contributed by atoms with Crippen LogP contribution in [0.15, 0.2) is 18.2 Å². The molecule has 0 spiro atoms. The molecule has 0 aliphatic carbocycles. The first-order valence-electron chi connectivity index (χ1n) is 5.49. The number of hydrogen-bond acceptors (Lipinski definition) is 4. The highest BCUT2D eigenvalue weighted by molar-refractivity contribution is 5.94. The summed E-state index contributed by atoms with van der Waals surface area (Å²) in [5, 5.41) is 17.5. The Hall–Kier alpha value is -2.08. The fourth-order valence-corrected chi connectivity index (χ4v) is 1.11. The van der Waals surface area contributed by atoms with Crippen LogP contribution in [-0.4, -0.2) is 35.3 Å². The molecule has 18 heavy (non-hydrogen) atoms. The van der Waals surface area contributed by atoms with E-state index >= 15 is 0 Å². The molecule has 0 radical (unpaired) electrons. The van der Waals surface area contributed by atoms with Gasteiger partial charge < -0.3 is 20.7 Å². The molecule has 1 rings (SSSR count). The maximum Gasteiger partial charge on any atom is 0.335 e. The van der Waals surface area contributed by atoms with E-state index in [1.807, 2.05) is 13.8 Å². The third-order valence-corrected chi connectivity index (χ3v) is 1.79. The Morgan fingerprint density at radius 3 is 1.89 bits per heavy atom. The first-order chi connectivity index (χ1) is 8.54. The lowest BCUT2D eigenvalue weighted by Crippen LogP contribution is -2.11. The van der Waals surface area contributed by atoms with Gasteiger partial charge in [-0.15, -0.1) is 0 Å². The second-order valence-electron chi connectivity index (χ2n) is 2.99. The zero-order valence-corrected chi connectivity index (χ0v) is 10.3. The number of aromatic carboxylic acids is 2. The summed E-state index contributed by atoms with van der Waals surface area (Å²) in [7, 11) is 0. The molecule has 0 fully saturated rings. The summed E-state index contributed by atoms with van der Waals surface area (Å²) in [4.78, 5) is 21.5. The smallest absolute Gasteiger partial charge is 0.335 e. The molecule has 0 aromatic heterocycles. The van der Waals surface area contributed by atoms with E-state index in [2.05, 4.69) is 0 Å². The van der Waals surface area contributed by atoms with Crippen molar-refractivity contribution in [1.82, 2.24) is 0 Å². The van der Waals surface area contributed by atoms with E-state index in [0.29, 0.717) is 0 Å². The predicted octanol–water partition coefficient (Wildman–Crippen LogP) is 1.45. The van der Waals surface area contributed by atoms with E-state index in [1.165, 1.54) is 12.1 Å². The van der Waals surface area contributed by atoms with E-state index in [0.717, 1.165) is 6.07 Å². The van der Waals surface area contributed by atoms with E-state index < -0.39 is 11.9 Å². The summed E-state index contributed by atoms with van der Waals surface area (Å²) in [5.74, 6) is -2.23. The Morgan fingerprint density at radius 1 is 1.11 bits per heavy atom. The van der Waals surface area contributed by atoms with Crippen LogP contribution in [-0.2, 0) is 0 Å². The summed E-state index contributed by atoms with van der Waals surface area (Å²) in [5.41, 5.74) is 4.95. The van der Waals surface area contributed by atoms with Gasteiger partial charge in [-0.1, -0.05) is 13.8 Å². The Labute approximate surface area is 105 Å². The standard InChI is InChI=1S/C10H11NO5.C2H6/c11-1-2-16-8-4-6(9(12)13)3-7(5-8)10(14)15;1-2/h3-5H,1-2,11H2,(H,12,13)(H,14,15);1-2H3. The third-order valence-electron chi connectivity index (χ3n) is 1.79. The fraction of sp³-hybridized carbons (Fsp3) is 0.333. The van der Waals surface area contributed by atoms with Gasteiger partial charge in [0.25, 0.3) is 0 Å². The summed E-state index contributed by atoms with van der Waals surface area (Å²) < 4.78 is 5.09. The third kappa shape index (κ3) is 4.84. The normalized spacial score (nSPS) is 9.06. The Morgan fingerprint density at radius 2 is 1.56 bits per heavy atom. The molecule has 0 saturated carbocycles. The number of carboxylic acid groups (broad SMARTS) is 2. The van der Waals surface area contributed by atoms with Gasteiger partial charge in [-0.2, -0.15) is 0 Å². The van der Waals surface area contributed by atoms with E-state index in [1.54, 1.807) is 0 Å². The van der Waals surface area contributed by atoms with Crippen molar-refractivity contribution in [3.8, 4) is 5.75 Å². The number of hydrogen-bond donors (Lipinski definition) is 3. The second-order valence-corrected chi connectivity index (χ2v) is 2.99. The molecule has 0 bridgehead atoms. The highest BCUT2D eigenvalue weighted by Crippen LogP contribution is 2.17. The van der Waals surface area contributed by atoms with Crippen LogP contribution in [0.3, 0.4) is 0 Å². The van der Waals surface area contributed by atoms with Crippen LogP contribution in [0.5, 0.6) is 5.75 Å². The molecular formula is C12H17NO5. The van der Waals surface area contributed by atoms with Gasteiger partial charge in [0.2, 0.25) is 0 Å². The maximum absolute atomic E-state index is 10.7. The van der Waals surface area contributed by atoms with Crippen LogP contribution < -0.4 is 10.5 Å². The average molecular weight is 255 g/mol. The van der Waals surface area contributed by atoms with Crippen LogP contribution in [0, 0.1) is 0 Å². The molecule has 0 amide bonds. The lowest BCUT2D eigenvalue weighted by Gasteiger charge is -2.06. The molecule has 0 aliphatic heterocycles. The van der Waals surface area contributed by atoms with Crippen molar-refractivity contribution in [2.45, 2.75) is 13.8 Å². The molecule has 1 aromatic rings. The van der Waals surface area contributed by atoms with Crippen molar-refractivity contribution < 1.29 is 24.5 Å². The van der Waals surface area contributed by atoms with Crippen LogP contribution in [0.2, 0.25) is 0 Å². The first-order valence-corrected chi connectivity index (χ1v) is 5.49. The minimum absolute atomic E-state index is 0.132. The van der Waals surface area contributed by atoms with Gasteiger partial charge in [0, 0.05) is 6.54 Å². The molecule has 1 aromatic carbocycles. The number of rotatable bonds is 5. The zero-order chi connectivity index (χ0) is 14.1. The van der Waals surface area contributed by atoms with Gasteiger partial charge >= 0.3 is 11.9 Å². The fourth-order valence-electron chi connectivity index (χ4n) is 1.11. The summed E-state index contributed by atoms with van der Waals surface area (Å²) >= 11 is 0. The average Bonchev–Trinajstić information content (AvgIpc) is 2.38. The summed E-state index contributed by atoms with van der Waals surface area (Å²) in [6.07, 6.45) is 0. The van der Waals surface area contributed by atoms with Crippen molar-refractivity contribution >= 4 is 11.9 Å². The highest BCUT2D eigenvalue weighted by Gasteiger charge is 2.11. The Bertz CT molecular complexity index is 385. The van der Waals surface area contributed by atoms with Crippen molar-refractivity contribution in [2.24, 2.45) is 5.73 Å². The monoisotopic (exact) mass is 255 g/mol. The molecule has 100 valence electrons. The topological polar surface area (TPSA) is 110 Å². The van der Waals surface area contributed by atoms with Gasteiger partial charge in [-0.3, -0.25) is 0 Å². The van der Waals surface area contributed by atoms with Gasteiger partial charge in [0.15, 0.2) is 0 Å². The Kier molecular flexibility index (Phi) is 7.14. The molecule has 6 heteroatoms. The lowest BCUT2D eigenvalue weighted by atomic mass is 10.1. The quantitative estimate of drug-likeness (QED) is 0.734. The summed E-state index contributed by atoms with van der Waals surface area (Å²) in [6.45, 7) is 4.46. The summed E-state index contributed by atoms with van der Waals surface area (Å²) in [6, 6.07) is 3.58. The number of carboxylic acids is 2. The molecule has 0 aliphatic rings. The van der Waals surface area contributed by atoms with Crippen molar-refractivity contribution in [2.75, 3.05) is 13.2 Å². The van der Waals surface area contributed by atoms with Gasteiger partial charge in [0.05, 0.1) is 11.1 Å². The number of carbonyl (C=O) groups is 2. The van der Waals surface area contributed by atoms with Crippen LogP contribution >= 0.6 is 0 Å². The van der Waals surface area contributed by atoms with E-state index in [4.69, 9.17) is 20.7 Å². The van der Waals surface area contributed by atoms with Crippen LogP contribution in [0.1, 0.15) is 34.6 Å². The molecule has 6 nitrogen and oxygen atoms in total. The number of nitrogens with two attached hydrogens (primary N) is 1. The predicted molar refractivity (Wildman–Crippen MR) is 66.3 cm³/mol. The highest BCUT2D eigenvalue weighted by atomic mass is 16.5. The number of benzene rings is 1. The molecule has 0 atom stereocenters. The van der Waals surface area contributed by atoms with Crippen molar-refractivity contribution in [3.05, 3.63) is 29.3 Å². The van der Waals surface area contributed by atoms with Crippen molar-refractivity contribution in [1.29, 1.82) is 0 Å². The minimum atomic E-state index is -1.21. The number of ether oxygens (including phenoxy) is 1. The van der Waals surface area contributed by atoms with Gasteiger partial charge in [-0.05, 0) is 18.2 Å². The van der Waals surface area contributed by atoms with Gasteiger partial charge in [0.1, 0.15) is 12.4 Å². The molecular weight excluding hydrogens is 238 g/mol. The first kappa shape index (κ1) is 15.9. The second kappa shape index (κ2) is 8.08. The molecule has 0 heterocycles. The largest absolute Gasteiger partial charge is 0.492 e. The lowest BCUT2D eigenvalue weighted by molar-refractivity contribution is 0.0696. The Balaban J connectivity index is 0.00000137. The van der Waals surface area contributed by atoms with E-state index in [-0.39, 0.29) is 30.0 Å².